The van der Waals surface area contributed by atoms with Crippen molar-refractivity contribution < 1.29 is 18.3 Å². The summed E-state index contributed by atoms with van der Waals surface area (Å²) >= 11 is 0. The summed E-state index contributed by atoms with van der Waals surface area (Å²) in [4.78, 5) is 26.3. The Bertz CT molecular complexity index is 1060. The van der Waals surface area contributed by atoms with Crippen LogP contribution in [0, 0.1) is 11.6 Å². The highest BCUT2D eigenvalue weighted by Gasteiger charge is 2.15. The van der Waals surface area contributed by atoms with Crippen LogP contribution >= 0.6 is 0 Å². The lowest BCUT2D eigenvalue weighted by Gasteiger charge is -2.11. The fourth-order valence-electron chi connectivity index (χ4n) is 2.69. The van der Waals surface area contributed by atoms with E-state index in [1.807, 2.05) is 19.0 Å². The second-order valence-corrected chi connectivity index (χ2v) is 6.85. The average molecular weight is 428 g/mol. The maximum absolute atomic E-state index is 14.3. The van der Waals surface area contributed by atoms with Crippen molar-refractivity contribution in [1.82, 2.24) is 25.2 Å². The molecule has 0 aliphatic rings. The maximum atomic E-state index is 14.3. The van der Waals surface area contributed by atoms with E-state index in [2.05, 4.69) is 25.6 Å². The van der Waals surface area contributed by atoms with Crippen molar-refractivity contribution in [2.24, 2.45) is 0 Å². The predicted octanol–water partition coefficient (Wildman–Crippen LogP) is 2.86. The van der Waals surface area contributed by atoms with Gasteiger partial charge in [-0.2, -0.15) is 0 Å². The minimum absolute atomic E-state index is 0.0498. The Hall–Kier alpha value is -3.66. The molecular formula is C21H22F2N6O2. The first-order chi connectivity index (χ1) is 14.9. The Balaban J connectivity index is 1.75. The number of hydrogen-bond acceptors (Lipinski definition) is 7. The molecule has 2 heterocycles. The van der Waals surface area contributed by atoms with Crippen LogP contribution in [-0.2, 0) is 0 Å². The van der Waals surface area contributed by atoms with Crippen LogP contribution < -0.4 is 15.4 Å². The fourth-order valence-corrected chi connectivity index (χ4v) is 2.69. The molecule has 0 aliphatic carbocycles. The highest BCUT2D eigenvalue weighted by Crippen LogP contribution is 2.31. The molecule has 0 radical (unpaired) electrons. The van der Waals surface area contributed by atoms with Crippen molar-refractivity contribution in [2.75, 3.05) is 39.6 Å². The number of carbonyl (C=O) groups excluding carboxylic acids is 1. The predicted molar refractivity (Wildman–Crippen MR) is 112 cm³/mol. The second-order valence-electron chi connectivity index (χ2n) is 6.85. The number of nitrogens with zero attached hydrogens (tertiary/aromatic N) is 4. The van der Waals surface area contributed by atoms with Crippen LogP contribution in [0.3, 0.4) is 0 Å². The Morgan fingerprint density at radius 1 is 1.13 bits per heavy atom. The van der Waals surface area contributed by atoms with E-state index in [9.17, 15) is 13.6 Å². The molecule has 0 aliphatic heterocycles. The van der Waals surface area contributed by atoms with E-state index in [0.717, 1.165) is 18.8 Å². The van der Waals surface area contributed by atoms with E-state index < -0.39 is 11.6 Å². The van der Waals surface area contributed by atoms with E-state index in [4.69, 9.17) is 4.74 Å². The first-order valence-electron chi connectivity index (χ1n) is 9.40. The summed E-state index contributed by atoms with van der Waals surface area (Å²) in [6.07, 6.45) is 2.42. The van der Waals surface area contributed by atoms with Gasteiger partial charge in [-0.3, -0.25) is 4.79 Å². The number of hydrogen-bond donors (Lipinski definition) is 2. The number of nitrogens with one attached hydrogen (secondary N) is 2. The molecule has 31 heavy (non-hydrogen) atoms. The number of likely N-dealkylation sites (N-methyl/N-ethyl adjacent to an activating group) is 1. The third kappa shape index (κ3) is 5.70. The van der Waals surface area contributed by atoms with Crippen molar-refractivity contribution in [3.05, 3.63) is 59.9 Å². The van der Waals surface area contributed by atoms with E-state index >= 15 is 0 Å². The number of methoxy groups -OCH3 is 1. The number of rotatable bonds is 8. The molecule has 0 unspecified atom stereocenters. The molecule has 10 heteroatoms. The van der Waals surface area contributed by atoms with Crippen molar-refractivity contribution in [1.29, 1.82) is 0 Å². The van der Waals surface area contributed by atoms with Crippen LogP contribution in [0.2, 0.25) is 0 Å². The highest BCUT2D eigenvalue weighted by molar-refractivity contribution is 5.94. The molecule has 3 rings (SSSR count). The zero-order valence-electron chi connectivity index (χ0n) is 17.3. The van der Waals surface area contributed by atoms with Gasteiger partial charge in [-0.05, 0) is 38.4 Å². The number of halogens is 2. The first kappa shape index (κ1) is 22.0. The SMILES string of the molecule is COc1cc(F)ccc1-c1nc(Nc2ccc(C(=O)NCCN(C)C)cn2)ncc1F. The second kappa shape index (κ2) is 9.90. The molecule has 0 bridgehead atoms. The third-order valence-corrected chi connectivity index (χ3v) is 4.27. The van der Waals surface area contributed by atoms with Crippen LogP contribution in [0.1, 0.15) is 10.4 Å². The minimum atomic E-state index is -0.687. The first-order valence-corrected chi connectivity index (χ1v) is 9.40. The lowest BCUT2D eigenvalue weighted by atomic mass is 10.1. The van der Waals surface area contributed by atoms with Gasteiger partial charge in [0.2, 0.25) is 5.95 Å². The molecule has 0 atom stereocenters. The molecule has 1 aromatic carbocycles. The molecule has 2 aromatic heterocycles. The number of aromatic nitrogens is 3. The molecule has 8 nitrogen and oxygen atoms in total. The molecule has 0 fully saturated rings. The summed E-state index contributed by atoms with van der Waals surface area (Å²) in [6, 6.07) is 6.91. The normalized spacial score (nSPS) is 10.8. The number of pyridine rings is 1. The van der Waals surface area contributed by atoms with Crippen LogP contribution in [0.5, 0.6) is 5.75 Å². The largest absolute Gasteiger partial charge is 0.496 e. The van der Waals surface area contributed by atoms with Crippen LogP contribution in [-0.4, -0.2) is 60.1 Å². The molecule has 2 N–H and O–H groups in total. The Kier molecular flexibility index (Phi) is 7.03. The summed E-state index contributed by atoms with van der Waals surface area (Å²) in [6.45, 7) is 1.24. The highest BCUT2D eigenvalue weighted by atomic mass is 19.1. The van der Waals surface area contributed by atoms with Crippen LogP contribution in [0.15, 0.2) is 42.7 Å². The van der Waals surface area contributed by atoms with Gasteiger partial charge in [-0.15, -0.1) is 0 Å². The maximum Gasteiger partial charge on any atom is 0.252 e. The van der Waals surface area contributed by atoms with Gasteiger partial charge in [0.15, 0.2) is 5.82 Å². The van der Waals surface area contributed by atoms with Crippen molar-refractivity contribution >= 4 is 17.7 Å². The van der Waals surface area contributed by atoms with E-state index in [0.29, 0.717) is 17.9 Å². The summed E-state index contributed by atoms with van der Waals surface area (Å²) in [5.74, 6) is -0.834. The molecule has 1 amide bonds. The Labute approximate surface area is 178 Å². The molecule has 0 saturated heterocycles. The standard InChI is InChI=1S/C21H22F2N6O2/c1-29(2)9-8-24-20(30)13-4-7-18(25-11-13)27-21-26-12-16(23)19(28-21)15-6-5-14(22)10-17(15)31-3/h4-7,10-12H,8-9H2,1-3H3,(H,24,30)(H,25,26,27,28). The van der Waals surface area contributed by atoms with Gasteiger partial charge in [0.1, 0.15) is 23.1 Å². The number of ether oxygens (including phenoxy) is 1. The molecule has 0 saturated carbocycles. The monoisotopic (exact) mass is 428 g/mol. The van der Waals surface area contributed by atoms with Gasteiger partial charge in [-0.25, -0.2) is 23.7 Å². The van der Waals surface area contributed by atoms with Gasteiger partial charge in [-0.1, -0.05) is 0 Å². The van der Waals surface area contributed by atoms with Gasteiger partial charge in [0, 0.05) is 30.9 Å². The van der Waals surface area contributed by atoms with Gasteiger partial charge in [0.25, 0.3) is 5.91 Å². The van der Waals surface area contributed by atoms with E-state index in [-0.39, 0.29) is 28.9 Å². The summed E-state index contributed by atoms with van der Waals surface area (Å²) < 4.78 is 32.9. The van der Waals surface area contributed by atoms with E-state index in [1.54, 1.807) is 12.1 Å². The topological polar surface area (TPSA) is 92.3 Å². The summed E-state index contributed by atoms with van der Waals surface area (Å²) in [7, 11) is 5.20. The number of amides is 1. The summed E-state index contributed by atoms with van der Waals surface area (Å²) in [5, 5.41) is 5.66. The fraction of sp³-hybridized carbons (Fsp3) is 0.238. The van der Waals surface area contributed by atoms with Crippen LogP contribution in [0.25, 0.3) is 11.3 Å². The van der Waals surface area contributed by atoms with Crippen molar-refractivity contribution in [3.63, 3.8) is 0 Å². The van der Waals surface area contributed by atoms with Crippen molar-refractivity contribution in [3.8, 4) is 17.0 Å². The summed E-state index contributed by atoms with van der Waals surface area (Å²) in [5.41, 5.74) is 0.636. The smallest absolute Gasteiger partial charge is 0.252 e. The lowest BCUT2D eigenvalue weighted by molar-refractivity contribution is 0.0950. The van der Waals surface area contributed by atoms with Gasteiger partial charge < -0.3 is 20.3 Å². The van der Waals surface area contributed by atoms with Crippen molar-refractivity contribution in [2.45, 2.75) is 0 Å². The molecule has 162 valence electrons. The number of anilines is 2. The Morgan fingerprint density at radius 2 is 1.94 bits per heavy atom. The quantitative estimate of drug-likeness (QED) is 0.570. The minimum Gasteiger partial charge on any atom is -0.496 e. The van der Waals surface area contributed by atoms with Gasteiger partial charge in [0.05, 0.1) is 18.9 Å². The van der Waals surface area contributed by atoms with E-state index in [1.165, 1.54) is 25.4 Å². The van der Waals surface area contributed by atoms with Crippen LogP contribution in [0.4, 0.5) is 20.5 Å². The number of benzene rings is 1. The average Bonchev–Trinajstić information content (AvgIpc) is 2.75. The molecular weight excluding hydrogens is 406 g/mol. The van der Waals surface area contributed by atoms with Gasteiger partial charge >= 0.3 is 0 Å². The molecule has 0 spiro atoms. The third-order valence-electron chi connectivity index (χ3n) is 4.27. The Morgan fingerprint density at radius 3 is 2.61 bits per heavy atom. The zero-order chi connectivity index (χ0) is 22.4. The molecule has 3 aromatic rings. The number of carbonyl (C=O) groups is 1. The lowest BCUT2D eigenvalue weighted by Crippen LogP contribution is -2.31. The zero-order valence-corrected chi connectivity index (χ0v) is 17.3.